The van der Waals surface area contributed by atoms with Gasteiger partial charge in [-0.1, -0.05) is 41.9 Å². The van der Waals surface area contributed by atoms with E-state index in [0.29, 0.717) is 24.1 Å². The number of carbonyl (C=O) groups is 2. The van der Waals surface area contributed by atoms with Crippen molar-refractivity contribution in [1.29, 1.82) is 0 Å². The first-order valence-electron chi connectivity index (χ1n) is 10.4. The summed E-state index contributed by atoms with van der Waals surface area (Å²) in [5.74, 6) is -0.685. The third kappa shape index (κ3) is 4.57. The van der Waals surface area contributed by atoms with E-state index in [2.05, 4.69) is 10.1 Å². The minimum atomic E-state index is -1.03. The standard InChI is InChI=1S/C24H22ClN3O4/c1-2-32-17-8-9-19-16(12-17)13-18(24(25)26-19)21-14-20(15-6-4-3-5-7-15)27-28(21)22(29)10-11-23(30)31/h3-9,12-13,21H,2,10-11,14H2,1H3,(H,30,31)/t21-/m0/s1. The number of aliphatic carboxylic acids is 1. The monoisotopic (exact) mass is 451 g/mol. The van der Waals surface area contributed by atoms with Gasteiger partial charge in [0, 0.05) is 23.8 Å². The van der Waals surface area contributed by atoms with Gasteiger partial charge in [0.2, 0.25) is 5.91 Å². The van der Waals surface area contributed by atoms with Crippen molar-refractivity contribution in [2.75, 3.05) is 6.61 Å². The summed E-state index contributed by atoms with van der Waals surface area (Å²) >= 11 is 6.55. The molecule has 3 aromatic rings. The third-order valence-corrected chi connectivity index (χ3v) is 5.57. The van der Waals surface area contributed by atoms with E-state index in [1.807, 2.05) is 61.5 Å². The van der Waals surface area contributed by atoms with Crippen LogP contribution in [0.1, 0.15) is 43.4 Å². The molecule has 0 radical (unpaired) electrons. The summed E-state index contributed by atoms with van der Waals surface area (Å²) in [6.07, 6.45) is 0.0328. The lowest BCUT2D eigenvalue weighted by Gasteiger charge is -2.23. The minimum Gasteiger partial charge on any atom is -0.494 e. The van der Waals surface area contributed by atoms with Crippen LogP contribution in [0, 0.1) is 0 Å². The highest BCUT2D eigenvalue weighted by molar-refractivity contribution is 6.30. The van der Waals surface area contributed by atoms with Crippen molar-refractivity contribution < 1.29 is 19.4 Å². The van der Waals surface area contributed by atoms with Gasteiger partial charge in [-0.3, -0.25) is 9.59 Å². The van der Waals surface area contributed by atoms with Gasteiger partial charge in [-0.05, 0) is 36.8 Å². The van der Waals surface area contributed by atoms with E-state index < -0.39 is 12.0 Å². The number of rotatable bonds is 7. The van der Waals surface area contributed by atoms with Gasteiger partial charge >= 0.3 is 5.97 Å². The van der Waals surface area contributed by atoms with Crippen molar-refractivity contribution in [3.05, 3.63) is 70.9 Å². The number of amides is 1. The molecular weight excluding hydrogens is 430 g/mol. The SMILES string of the molecule is CCOc1ccc2nc(Cl)c([C@@H]3CC(c4ccccc4)=NN3C(=O)CCC(=O)O)cc2c1. The first kappa shape index (κ1) is 21.8. The number of aromatic nitrogens is 1. The number of ether oxygens (including phenoxy) is 1. The maximum absolute atomic E-state index is 12.9. The molecular formula is C24H22ClN3O4. The van der Waals surface area contributed by atoms with Crippen LogP contribution in [0.5, 0.6) is 5.75 Å². The summed E-state index contributed by atoms with van der Waals surface area (Å²) in [4.78, 5) is 28.4. The van der Waals surface area contributed by atoms with Gasteiger partial charge in [0.25, 0.3) is 0 Å². The molecule has 0 spiro atoms. The average molecular weight is 452 g/mol. The second-order valence-corrected chi connectivity index (χ2v) is 7.78. The molecule has 0 saturated heterocycles. The molecule has 1 aliphatic rings. The molecule has 2 aromatic carbocycles. The molecule has 164 valence electrons. The Kier molecular flexibility index (Phi) is 6.37. The number of carbonyl (C=O) groups excluding carboxylic acids is 1. The number of benzene rings is 2. The molecule has 0 unspecified atom stereocenters. The number of hydrogen-bond acceptors (Lipinski definition) is 5. The molecule has 0 bridgehead atoms. The second kappa shape index (κ2) is 9.36. The molecule has 2 heterocycles. The molecule has 0 aliphatic carbocycles. The normalized spacial score (nSPS) is 15.6. The summed E-state index contributed by atoms with van der Waals surface area (Å²) < 4.78 is 5.59. The van der Waals surface area contributed by atoms with Gasteiger partial charge in [-0.2, -0.15) is 5.10 Å². The zero-order chi connectivity index (χ0) is 22.7. The van der Waals surface area contributed by atoms with E-state index in [-0.39, 0.29) is 23.9 Å². The molecule has 7 nitrogen and oxygen atoms in total. The number of halogens is 1. The van der Waals surface area contributed by atoms with Gasteiger partial charge in [0.15, 0.2) is 0 Å². The predicted octanol–water partition coefficient (Wildman–Crippen LogP) is 4.83. The van der Waals surface area contributed by atoms with E-state index in [4.69, 9.17) is 21.4 Å². The number of fused-ring (bicyclic) bond motifs is 1. The lowest BCUT2D eigenvalue weighted by molar-refractivity contribution is -0.141. The van der Waals surface area contributed by atoms with Crippen molar-refractivity contribution in [2.45, 2.75) is 32.2 Å². The predicted molar refractivity (Wildman–Crippen MR) is 122 cm³/mol. The van der Waals surface area contributed by atoms with Crippen LogP contribution in [0.2, 0.25) is 5.15 Å². The van der Waals surface area contributed by atoms with E-state index in [9.17, 15) is 9.59 Å². The van der Waals surface area contributed by atoms with Crippen LogP contribution in [-0.4, -0.2) is 39.3 Å². The van der Waals surface area contributed by atoms with Crippen LogP contribution in [0.4, 0.5) is 0 Å². The number of hydrogen-bond donors (Lipinski definition) is 1. The number of pyridine rings is 1. The smallest absolute Gasteiger partial charge is 0.303 e. The summed E-state index contributed by atoms with van der Waals surface area (Å²) in [7, 11) is 0. The molecule has 1 atom stereocenters. The molecule has 4 rings (SSSR count). The van der Waals surface area contributed by atoms with Gasteiger partial charge in [-0.15, -0.1) is 0 Å². The van der Waals surface area contributed by atoms with E-state index >= 15 is 0 Å². The van der Waals surface area contributed by atoms with Crippen LogP contribution in [0.25, 0.3) is 10.9 Å². The highest BCUT2D eigenvalue weighted by Crippen LogP contribution is 2.38. The van der Waals surface area contributed by atoms with Gasteiger partial charge < -0.3 is 9.84 Å². The van der Waals surface area contributed by atoms with Gasteiger partial charge in [0.1, 0.15) is 10.9 Å². The highest BCUT2D eigenvalue weighted by atomic mass is 35.5. The first-order valence-corrected chi connectivity index (χ1v) is 10.7. The molecule has 32 heavy (non-hydrogen) atoms. The molecule has 1 aromatic heterocycles. The molecule has 0 saturated carbocycles. The van der Waals surface area contributed by atoms with Crippen LogP contribution in [0.15, 0.2) is 59.7 Å². The maximum Gasteiger partial charge on any atom is 0.303 e. The van der Waals surface area contributed by atoms with Crippen molar-refractivity contribution in [2.24, 2.45) is 5.10 Å². The Morgan fingerprint density at radius 1 is 1.16 bits per heavy atom. The summed E-state index contributed by atoms with van der Waals surface area (Å²) in [5, 5.41) is 16.0. The zero-order valence-electron chi connectivity index (χ0n) is 17.5. The van der Waals surface area contributed by atoms with Crippen molar-refractivity contribution in [3.63, 3.8) is 0 Å². The Bertz CT molecular complexity index is 1200. The van der Waals surface area contributed by atoms with Crippen LogP contribution < -0.4 is 4.74 Å². The fourth-order valence-electron chi connectivity index (χ4n) is 3.75. The number of carboxylic acids is 1. The minimum absolute atomic E-state index is 0.148. The van der Waals surface area contributed by atoms with E-state index in [1.54, 1.807) is 0 Å². The van der Waals surface area contributed by atoms with Gasteiger partial charge in [-0.25, -0.2) is 9.99 Å². The lowest BCUT2D eigenvalue weighted by atomic mass is 9.98. The first-order chi connectivity index (χ1) is 15.5. The van der Waals surface area contributed by atoms with Crippen molar-refractivity contribution >= 4 is 40.1 Å². The quantitative estimate of drug-likeness (QED) is 0.519. The Balaban J connectivity index is 1.73. The fourth-order valence-corrected chi connectivity index (χ4v) is 4.03. The Morgan fingerprint density at radius 3 is 2.66 bits per heavy atom. The number of hydrazone groups is 1. The zero-order valence-corrected chi connectivity index (χ0v) is 18.2. The Morgan fingerprint density at radius 2 is 1.94 bits per heavy atom. The van der Waals surface area contributed by atoms with Crippen molar-refractivity contribution in [1.82, 2.24) is 9.99 Å². The van der Waals surface area contributed by atoms with E-state index in [1.165, 1.54) is 5.01 Å². The average Bonchev–Trinajstić information content (AvgIpc) is 3.23. The Hall–Kier alpha value is -3.45. The molecule has 1 amide bonds. The topological polar surface area (TPSA) is 92.1 Å². The van der Waals surface area contributed by atoms with Crippen LogP contribution >= 0.6 is 11.6 Å². The number of nitrogens with zero attached hydrogens (tertiary/aromatic N) is 3. The number of carboxylic acid groups (broad SMARTS) is 1. The lowest BCUT2D eigenvalue weighted by Crippen LogP contribution is -2.27. The van der Waals surface area contributed by atoms with E-state index in [0.717, 1.165) is 22.4 Å². The third-order valence-electron chi connectivity index (χ3n) is 5.26. The fraction of sp³-hybridized carbons (Fsp3) is 0.250. The molecule has 1 N–H and O–H groups in total. The summed E-state index contributed by atoms with van der Waals surface area (Å²) in [6.45, 7) is 2.46. The van der Waals surface area contributed by atoms with Crippen molar-refractivity contribution in [3.8, 4) is 5.75 Å². The molecule has 1 aliphatic heterocycles. The van der Waals surface area contributed by atoms with Gasteiger partial charge in [0.05, 0.1) is 30.3 Å². The van der Waals surface area contributed by atoms with Crippen LogP contribution in [-0.2, 0) is 9.59 Å². The van der Waals surface area contributed by atoms with Crippen LogP contribution in [0.3, 0.4) is 0 Å². The maximum atomic E-state index is 12.9. The Labute approximate surface area is 190 Å². The summed E-state index contributed by atoms with van der Waals surface area (Å²) in [6, 6.07) is 16.6. The molecule has 0 fully saturated rings. The molecule has 8 heteroatoms. The highest BCUT2D eigenvalue weighted by Gasteiger charge is 2.34. The second-order valence-electron chi connectivity index (χ2n) is 7.42. The largest absolute Gasteiger partial charge is 0.494 e. The summed E-state index contributed by atoms with van der Waals surface area (Å²) in [5.41, 5.74) is 3.01.